The van der Waals surface area contributed by atoms with Gasteiger partial charge < -0.3 is 20.1 Å². The molecule has 5 rings (SSSR count). The van der Waals surface area contributed by atoms with Crippen molar-refractivity contribution in [3.63, 3.8) is 0 Å². The Bertz CT molecular complexity index is 1380. The van der Waals surface area contributed by atoms with Crippen molar-refractivity contribution in [2.24, 2.45) is 0 Å². The van der Waals surface area contributed by atoms with Crippen LogP contribution in [0, 0.1) is 0 Å². The fourth-order valence-corrected chi connectivity index (χ4v) is 5.88. The van der Waals surface area contributed by atoms with Gasteiger partial charge in [0.1, 0.15) is 21.9 Å². The minimum Gasteiger partial charge on any atom is -0.468 e. The number of anilines is 2. The monoisotopic (exact) mass is 527 g/mol. The average Bonchev–Trinajstić information content (AvgIpc) is 3.46. The van der Waals surface area contributed by atoms with Gasteiger partial charge in [0, 0.05) is 17.6 Å². The first kappa shape index (κ1) is 25.5. The second kappa shape index (κ2) is 11.5. The number of thiazole rings is 1. The van der Waals surface area contributed by atoms with Crippen LogP contribution in [0.5, 0.6) is 11.5 Å². The van der Waals surface area contributed by atoms with Crippen molar-refractivity contribution in [1.29, 1.82) is 0 Å². The third-order valence-corrected chi connectivity index (χ3v) is 7.97. The maximum atomic E-state index is 12.7. The summed E-state index contributed by atoms with van der Waals surface area (Å²) in [6, 6.07) is 23.9. The maximum Gasteiger partial charge on any atom is 0.323 e. The number of ether oxygens (including phenoxy) is 2. The highest BCUT2D eigenvalue weighted by Crippen LogP contribution is 2.43. The highest BCUT2D eigenvalue weighted by molar-refractivity contribution is 7.15. The number of aromatic nitrogens is 1. The normalized spacial score (nSPS) is 14.3. The van der Waals surface area contributed by atoms with Crippen LogP contribution in [-0.4, -0.2) is 24.1 Å². The number of hydrogen-bond donors (Lipinski definition) is 2. The summed E-state index contributed by atoms with van der Waals surface area (Å²) >= 11 is 1.54. The number of carbonyl (C=O) groups excluding carboxylic acids is 2. The van der Waals surface area contributed by atoms with E-state index < -0.39 is 5.41 Å². The molecule has 0 radical (unpaired) electrons. The zero-order valence-corrected chi connectivity index (χ0v) is 21.9. The zero-order valence-electron chi connectivity index (χ0n) is 21.1. The minimum absolute atomic E-state index is 0.193. The molecule has 1 saturated carbocycles. The Hall–Kier alpha value is -4.17. The van der Waals surface area contributed by atoms with Crippen LogP contribution in [0.15, 0.2) is 85.1 Å². The molecule has 2 N–H and O–H groups in total. The predicted octanol–water partition coefficient (Wildman–Crippen LogP) is 7.62. The topological polar surface area (TPSA) is 89.5 Å². The molecule has 0 aliphatic heterocycles. The van der Waals surface area contributed by atoms with Crippen LogP contribution < -0.4 is 15.4 Å². The molecule has 1 aliphatic rings. The van der Waals surface area contributed by atoms with E-state index in [-0.39, 0.29) is 12.0 Å². The lowest BCUT2D eigenvalue weighted by Crippen LogP contribution is -2.38. The molecular weight excluding hydrogens is 498 g/mol. The van der Waals surface area contributed by atoms with Crippen molar-refractivity contribution >= 4 is 34.7 Å². The van der Waals surface area contributed by atoms with Gasteiger partial charge in [0.15, 0.2) is 0 Å². The zero-order chi connectivity index (χ0) is 26.4. The molecule has 0 bridgehead atoms. The van der Waals surface area contributed by atoms with Crippen molar-refractivity contribution in [1.82, 2.24) is 4.98 Å². The van der Waals surface area contributed by atoms with Gasteiger partial charge in [-0.1, -0.05) is 49.6 Å². The first-order chi connectivity index (χ1) is 18.6. The molecular formula is C30H29N3O4S. The van der Waals surface area contributed by atoms with E-state index in [0.717, 1.165) is 53.3 Å². The Morgan fingerprint density at radius 3 is 2.05 bits per heavy atom. The standard InChI is InChI=1S/C30H29N3O4S/c1-36-28(34)30(18-6-3-7-19-30)27-31-20-26(38-27)21-10-12-22(13-11-21)32-29(35)33-23-14-16-25(17-15-23)37-24-8-4-2-5-9-24/h2,4-5,8-17,20H,3,6-7,18-19H2,1H3,(H2,32,33,35). The van der Waals surface area contributed by atoms with Crippen LogP contribution in [0.3, 0.4) is 0 Å². The van der Waals surface area contributed by atoms with E-state index in [0.29, 0.717) is 17.1 Å². The van der Waals surface area contributed by atoms with Crippen molar-refractivity contribution < 1.29 is 19.1 Å². The number of hydrogen-bond acceptors (Lipinski definition) is 6. The van der Waals surface area contributed by atoms with Crippen LogP contribution in [0.25, 0.3) is 10.4 Å². The molecule has 8 heteroatoms. The molecule has 0 saturated heterocycles. The lowest BCUT2D eigenvalue weighted by molar-refractivity contribution is -0.149. The molecule has 0 atom stereocenters. The summed E-state index contributed by atoms with van der Waals surface area (Å²) in [6.07, 6.45) is 6.49. The van der Waals surface area contributed by atoms with E-state index >= 15 is 0 Å². The van der Waals surface area contributed by atoms with E-state index in [4.69, 9.17) is 9.47 Å². The van der Waals surface area contributed by atoms with Gasteiger partial charge in [-0.05, 0) is 66.9 Å². The highest BCUT2D eigenvalue weighted by atomic mass is 32.1. The number of para-hydroxylation sites is 1. The van der Waals surface area contributed by atoms with Crippen molar-refractivity contribution in [2.75, 3.05) is 17.7 Å². The molecule has 1 heterocycles. The van der Waals surface area contributed by atoms with Gasteiger partial charge in [0.25, 0.3) is 0 Å². The molecule has 4 aromatic rings. The Morgan fingerprint density at radius 1 is 0.816 bits per heavy atom. The van der Waals surface area contributed by atoms with Gasteiger partial charge in [0.2, 0.25) is 0 Å². The molecule has 0 spiro atoms. The van der Waals surface area contributed by atoms with Crippen LogP contribution in [-0.2, 0) is 14.9 Å². The smallest absolute Gasteiger partial charge is 0.323 e. The van der Waals surface area contributed by atoms with Gasteiger partial charge in [-0.2, -0.15) is 0 Å². The molecule has 38 heavy (non-hydrogen) atoms. The number of methoxy groups -OCH3 is 1. The van der Waals surface area contributed by atoms with Gasteiger partial charge >= 0.3 is 12.0 Å². The van der Waals surface area contributed by atoms with Crippen LogP contribution >= 0.6 is 11.3 Å². The van der Waals surface area contributed by atoms with Crippen LogP contribution in [0.1, 0.15) is 37.1 Å². The summed E-state index contributed by atoms with van der Waals surface area (Å²) in [5.74, 6) is 1.24. The molecule has 3 aromatic carbocycles. The van der Waals surface area contributed by atoms with Crippen LogP contribution in [0.4, 0.5) is 16.2 Å². The molecule has 2 amide bonds. The second-order valence-electron chi connectivity index (χ2n) is 9.26. The lowest BCUT2D eigenvalue weighted by Gasteiger charge is -2.32. The maximum absolute atomic E-state index is 12.7. The van der Waals surface area contributed by atoms with Crippen LogP contribution in [0.2, 0.25) is 0 Å². The molecule has 194 valence electrons. The van der Waals surface area contributed by atoms with Gasteiger partial charge in [-0.25, -0.2) is 9.78 Å². The third-order valence-electron chi connectivity index (χ3n) is 6.72. The fourth-order valence-electron chi connectivity index (χ4n) is 4.73. The third kappa shape index (κ3) is 5.70. The number of urea groups is 1. The molecule has 7 nitrogen and oxygen atoms in total. The van der Waals surface area contributed by atoms with E-state index in [1.54, 1.807) is 24.3 Å². The number of esters is 1. The number of amides is 2. The van der Waals surface area contributed by atoms with Gasteiger partial charge in [-0.3, -0.25) is 4.79 Å². The molecule has 0 unspecified atom stereocenters. The lowest BCUT2D eigenvalue weighted by atomic mass is 9.74. The van der Waals surface area contributed by atoms with E-state index in [2.05, 4.69) is 15.6 Å². The van der Waals surface area contributed by atoms with E-state index in [1.807, 2.05) is 60.8 Å². The first-order valence-electron chi connectivity index (χ1n) is 12.6. The number of rotatable bonds is 7. The Morgan fingerprint density at radius 2 is 1.42 bits per heavy atom. The SMILES string of the molecule is COC(=O)C1(c2ncc(-c3ccc(NC(=O)Nc4ccc(Oc5ccccc5)cc4)cc3)s2)CCCCC1. The fraction of sp³-hybridized carbons (Fsp3) is 0.233. The minimum atomic E-state index is -0.638. The summed E-state index contributed by atoms with van der Waals surface area (Å²) in [5, 5.41) is 6.50. The van der Waals surface area contributed by atoms with Gasteiger partial charge in [0.05, 0.1) is 12.0 Å². The Balaban J connectivity index is 1.20. The molecule has 1 aliphatic carbocycles. The Kier molecular flexibility index (Phi) is 7.70. The quantitative estimate of drug-likeness (QED) is 0.241. The van der Waals surface area contributed by atoms with Crippen molar-refractivity contribution in [3.05, 3.63) is 90.1 Å². The predicted molar refractivity (Wildman–Crippen MR) is 150 cm³/mol. The summed E-state index contributed by atoms with van der Waals surface area (Å²) in [4.78, 5) is 30.8. The number of carbonyl (C=O) groups is 2. The summed E-state index contributed by atoms with van der Waals surface area (Å²) in [6.45, 7) is 0. The van der Waals surface area contributed by atoms with E-state index in [9.17, 15) is 9.59 Å². The number of nitrogens with zero attached hydrogens (tertiary/aromatic N) is 1. The van der Waals surface area contributed by atoms with Crippen molar-refractivity contribution in [3.8, 4) is 21.9 Å². The summed E-state index contributed by atoms with van der Waals surface area (Å²) in [7, 11) is 1.45. The Labute approximate surface area is 225 Å². The summed E-state index contributed by atoms with van der Waals surface area (Å²) < 4.78 is 10.9. The van der Waals surface area contributed by atoms with E-state index in [1.165, 1.54) is 18.4 Å². The summed E-state index contributed by atoms with van der Waals surface area (Å²) in [5.41, 5.74) is 1.66. The first-order valence-corrected chi connectivity index (χ1v) is 13.4. The highest BCUT2D eigenvalue weighted by Gasteiger charge is 2.44. The largest absolute Gasteiger partial charge is 0.468 e. The van der Waals surface area contributed by atoms with Gasteiger partial charge in [-0.15, -0.1) is 11.3 Å². The van der Waals surface area contributed by atoms with Crippen molar-refractivity contribution in [2.45, 2.75) is 37.5 Å². The molecule has 1 fully saturated rings. The number of benzene rings is 3. The number of nitrogens with one attached hydrogen (secondary N) is 2. The molecule has 1 aromatic heterocycles. The average molecular weight is 528 g/mol. The second-order valence-corrected chi connectivity index (χ2v) is 10.3.